The third-order valence-corrected chi connectivity index (χ3v) is 4.30. The maximum absolute atomic E-state index is 2.50. The fourth-order valence-electron chi connectivity index (χ4n) is 0.189. The van der Waals surface area contributed by atoms with Crippen molar-refractivity contribution in [2.24, 2.45) is 0 Å². The molecule has 0 spiro atoms. The third kappa shape index (κ3) is 8.15. The largest absolute Gasteiger partial charge is 0.276 e. The average Bonchev–Trinajstić information content (AvgIpc) is 1.30. The number of halogens is 3. The first kappa shape index (κ1) is 9.15. The lowest BCUT2D eigenvalue weighted by atomic mass is 10.8. The fourth-order valence-corrected chi connectivity index (χ4v) is 3.80. The zero-order chi connectivity index (χ0) is 5.91. The molecule has 0 aliphatic heterocycles. The standard InChI is InChI=1S/C3H5I3Si/c1-2-3-7(4,5)6/h2-3H,1H3. The molecular formula is C3H5I3Si. The van der Waals surface area contributed by atoms with Crippen LogP contribution >= 0.6 is 65.4 Å². The van der Waals surface area contributed by atoms with E-state index in [1.165, 1.54) is 0 Å². The Morgan fingerprint density at radius 3 is 1.71 bits per heavy atom. The lowest BCUT2D eigenvalue weighted by molar-refractivity contribution is 1.78. The molecule has 0 heterocycles. The summed E-state index contributed by atoms with van der Waals surface area (Å²) in [5.74, 6) is 0. The summed E-state index contributed by atoms with van der Waals surface area (Å²) in [6.45, 7) is 2.07. The highest BCUT2D eigenvalue weighted by Crippen LogP contribution is 2.30. The van der Waals surface area contributed by atoms with Gasteiger partial charge in [0.05, 0.1) is 0 Å². The van der Waals surface area contributed by atoms with Crippen molar-refractivity contribution in [2.75, 3.05) is 0 Å². The van der Waals surface area contributed by atoms with Crippen molar-refractivity contribution in [1.82, 2.24) is 0 Å². The van der Waals surface area contributed by atoms with Gasteiger partial charge in [-0.2, -0.15) is 0 Å². The van der Waals surface area contributed by atoms with Crippen LogP contribution in [0.2, 0.25) is 0 Å². The van der Waals surface area contributed by atoms with Crippen molar-refractivity contribution in [3.8, 4) is 0 Å². The Morgan fingerprint density at radius 2 is 1.71 bits per heavy atom. The molecule has 0 nitrogen and oxygen atoms in total. The van der Waals surface area contributed by atoms with Crippen LogP contribution in [0.5, 0.6) is 0 Å². The van der Waals surface area contributed by atoms with E-state index in [0.29, 0.717) is 0 Å². The molecule has 0 saturated carbocycles. The zero-order valence-electron chi connectivity index (χ0n) is 3.79. The first-order valence-corrected chi connectivity index (χ1v) is 13.2. The van der Waals surface area contributed by atoms with Crippen molar-refractivity contribution in [3.05, 3.63) is 11.8 Å². The Kier molecular flexibility index (Phi) is 5.28. The van der Waals surface area contributed by atoms with Gasteiger partial charge in [0, 0.05) is 0 Å². The molecule has 0 N–H and O–H groups in total. The summed E-state index contributed by atoms with van der Waals surface area (Å²) in [6.07, 6.45) is 2.12. The number of rotatable bonds is 1. The normalized spacial score (nSPS) is 13.1. The Balaban J connectivity index is 3.56. The summed E-state index contributed by atoms with van der Waals surface area (Å²) in [7, 11) is 0. The van der Waals surface area contributed by atoms with Gasteiger partial charge in [0.15, 0.2) is 0 Å². The molecule has 0 saturated heterocycles. The molecule has 0 aromatic heterocycles. The summed E-state index contributed by atoms with van der Waals surface area (Å²) >= 11 is 7.51. The van der Waals surface area contributed by atoms with Gasteiger partial charge in [-0.3, -0.25) is 0 Å². The van der Waals surface area contributed by atoms with Gasteiger partial charge in [0.25, 0.3) is 0.564 Å². The summed E-state index contributed by atoms with van der Waals surface area (Å²) in [5.41, 5.74) is 2.29. The first-order chi connectivity index (χ1) is 3.06. The van der Waals surface area contributed by atoms with E-state index < -0.39 is 0.564 Å². The van der Waals surface area contributed by atoms with E-state index in [2.05, 4.69) is 84.1 Å². The molecular weight excluding hydrogens is 445 g/mol. The number of allylic oxidation sites excluding steroid dienone is 1. The molecule has 0 aliphatic carbocycles. The van der Waals surface area contributed by atoms with E-state index in [4.69, 9.17) is 0 Å². The van der Waals surface area contributed by atoms with Crippen LogP contribution in [0.1, 0.15) is 6.92 Å². The van der Waals surface area contributed by atoms with Crippen molar-refractivity contribution in [3.63, 3.8) is 0 Å². The maximum atomic E-state index is 2.50. The quantitative estimate of drug-likeness (QED) is 0.327. The minimum Gasteiger partial charge on any atom is -0.0933 e. The van der Waals surface area contributed by atoms with Gasteiger partial charge in [-0.1, -0.05) is 77.2 Å². The zero-order valence-corrected chi connectivity index (χ0v) is 11.3. The Bertz CT molecular complexity index is 72.7. The van der Waals surface area contributed by atoms with Crippen molar-refractivity contribution < 1.29 is 0 Å². The summed E-state index contributed by atoms with van der Waals surface area (Å²) < 4.78 is -0.928. The molecule has 0 unspecified atom stereocenters. The van der Waals surface area contributed by atoms with Gasteiger partial charge in [-0.25, -0.2) is 0 Å². The second-order valence-corrected chi connectivity index (χ2v) is 36.3. The molecule has 0 aromatic rings. The smallest absolute Gasteiger partial charge is 0.0933 e. The maximum Gasteiger partial charge on any atom is 0.276 e. The Labute approximate surface area is 83.2 Å². The van der Waals surface area contributed by atoms with Gasteiger partial charge in [0.1, 0.15) is 0 Å². The average molecular weight is 450 g/mol. The topological polar surface area (TPSA) is 0 Å². The van der Waals surface area contributed by atoms with E-state index in [1.807, 2.05) is 0 Å². The van der Waals surface area contributed by atoms with Gasteiger partial charge < -0.3 is 0 Å². The van der Waals surface area contributed by atoms with Crippen LogP contribution in [0.25, 0.3) is 0 Å². The molecule has 0 aliphatic rings. The highest BCUT2D eigenvalue weighted by Gasteiger charge is 2.14. The minimum atomic E-state index is -0.928. The summed E-state index contributed by atoms with van der Waals surface area (Å²) in [5, 5.41) is 0. The van der Waals surface area contributed by atoms with Crippen molar-refractivity contribution in [1.29, 1.82) is 0 Å². The van der Waals surface area contributed by atoms with E-state index >= 15 is 0 Å². The van der Waals surface area contributed by atoms with Crippen LogP contribution < -0.4 is 0 Å². The molecule has 0 rings (SSSR count). The predicted octanol–water partition coefficient (Wildman–Crippen LogP) is 3.35. The van der Waals surface area contributed by atoms with E-state index in [9.17, 15) is 0 Å². The molecule has 0 bridgehead atoms. The van der Waals surface area contributed by atoms with Crippen LogP contribution in [0.15, 0.2) is 11.8 Å². The Morgan fingerprint density at radius 1 is 1.29 bits per heavy atom. The molecule has 0 amide bonds. The van der Waals surface area contributed by atoms with Crippen LogP contribution in [0.3, 0.4) is 0 Å². The molecule has 42 valence electrons. The third-order valence-electron chi connectivity index (χ3n) is 0.356. The van der Waals surface area contributed by atoms with Crippen LogP contribution in [0, 0.1) is 0 Å². The molecule has 0 atom stereocenters. The van der Waals surface area contributed by atoms with Gasteiger partial charge in [-0.15, -0.1) is 0 Å². The molecule has 4 heteroatoms. The Hall–Kier alpha value is 2.15. The number of hydrogen-bond acceptors (Lipinski definition) is 0. The number of hydrogen-bond donors (Lipinski definition) is 0. The second kappa shape index (κ2) is 4.04. The molecule has 7 heavy (non-hydrogen) atoms. The lowest BCUT2D eigenvalue weighted by Crippen LogP contribution is -1.97. The monoisotopic (exact) mass is 450 g/mol. The van der Waals surface area contributed by atoms with Crippen molar-refractivity contribution in [2.45, 2.75) is 6.92 Å². The van der Waals surface area contributed by atoms with E-state index in [-0.39, 0.29) is 0 Å². The highest BCUT2D eigenvalue weighted by atomic mass is 127. The predicted molar refractivity (Wildman–Crippen MR) is 62.6 cm³/mol. The highest BCUT2D eigenvalue weighted by molar-refractivity contribution is 14.4. The minimum absolute atomic E-state index is 0.928. The lowest BCUT2D eigenvalue weighted by Gasteiger charge is -1.97. The molecule has 0 radical (unpaired) electrons. The summed E-state index contributed by atoms with van der Waals surface area (Å²) in [6, 6.07) is 0. The van der Waals surface area contributed by atoms with E-state index in [1.54, 1.807) is 0 Å². The van der Waals surface area contributed by atoms with Gasteiger partial charge in [0.2, 0.25) is 0 Å². The van der Waals surface area contributed by atoms with Crippen LogP contribution in [-0.2, 0) is 0 Å². The first-order valence-electron chi connectivity index (χ1n) is 1.77. The van der Waals surface area contributed by atoms with Crippen molar-refractivity contribution >= 4 is 66.0 Å². The van der Waals surface area contributed by atoms with Crippen LogP contribution in [-0.4, -0.2) is 0.564 Å². The second-order valence-electron chi connectivity index (χ2n) is 1.04. The molecule has 0 aromatic carbocycles. The SMILES string of the molecule is CC=C[Si](I)(I)I. The van der Waals surface area contributed by atoms with Gasteiger partial charge >= 0.3 is 0 Å². The van der Waals surface area contributed by atoms with Gasteiger partial charge in [-0.05, 0) is 6.92 Å². The van der Waals surface area contributed by atoms with E-state index in [0.717, 1.165) is 0 Å². The van der Waals surface area contributed by atoms with Crippen LogP contribution in [0.4, 0.5) is 0 Å². The summed E-state index contributed by atoms with van der Waals surface area (Å²) in [4.78, 5) is 0. The fraction of sp³-hybridized carbons (Fsp3) is 0.333. The molecule has 0 fully saturated rings.